The van der Waals surface area contributed by atoms with Crippen molar-refractivity contribution in [2.45, 2.75) is 13.0 Å². The highest BCUT2D eigenvalue weighted by Gasteiger charge is 2.09. The van der Waals surface area contributed by atoms with Crippen molar-refractivity contribution in [3.05, 3.63) is 29.0 Å². The molecule has 1 unspecified atom stereocenters. The number of nitrogens with one attached hydrogen (secondary N) is 1. The quantitative estimate of drug-likeness (QED) is 0.815. The largest absolute Gasteiger partial charge is 0.380 e. The van der Waals surface area contributed by atoms with Crippen LogP contribution in [0.15, 0.2) is 18.3 Å². The Morgan fingerprint density at radius 3 is 2.86 bits per heavy atom. The second-order valence-electron chi connectivity index (χ2n) is 2.90. The predicted octanol–water partition coefficient (Wildman–Crippen LogP) is 2.03. The van der Waals surface area contributed by atoms with Crippen molar-refractivity contribution in [1.82, 2.24) is 10.3 Å². The number of rotatable bonds is 5. The van der Waals surface area contributed by atoms with E-state index >= 15 is 0 Å². The van der Waals surface area contributed by atoms with Crippen LogP contribution < -0.4 is 5.32 Å². The lowest BCUT2D eigenvalue weighted by Crippen LogP contribution is -2.22. The minimum atomic E-state index is 0.132. The van der Waals surface area contributed by atoms with Crippen molar-refractivity contribution in [1.29, 1.82) is 0 Å². The summed E-state index contributed by atoms with van der Waals surface area (Å²) in [7, 11) is 1.89. The summed E-state index contributed by atoms with van der Waals surface area (Å²) in [5.41, 5.74) is 0.949. The maximum Gasteiger partial charge on any atom is 0.0730 e. The molecule has 0 aliphatic rings. The van der Waals surface area contributed by atoms with Gasteiger partial charge in [0.2, 0.25) is 0 Å². The number of ether oxygens (including phenoxy) is 1. The Kier molecular flexibility index (Phi) is 4.87. The zero-order chi connectivity index (χ0) is 10.4. The predicted molar refractivity (Wildman–Crippen MR) is 57.5 cm³/mol. The number of nitrogens with zero attached hydrogens (tertiary/aromatic N) is 1. The molecule has 1 rings (SSSR count). The van der Waals surface area contributed by atoms with Gasteiger partial charge in [0.05, 0.1) is 23.4 Å². The van der Waals surface area contributed by atoms with Gasteiger partial charge in [0, 0.05) is 12.8 Å². The average Bonchev–Trinajstić information content (AvgIpc) is 2.21. The lowest BCUT2D eigenvalue weighted by atomic mass is 10.2. The average molecular weight is 215 g/mol. The smallest absolute Gasteiger partial charge is 0.0730 e. The Morgan fingerprint density at radius 1 is 1.57 bits per heavy atom. The van der Waals surface area contributed by atoms with E-state index in [0.717, 1.165) is 5.69 Å². The van der Waals surface area contributed by atoms with Crippen LogP contribution in [0.1, 0.15) is 18.7 Å². The Labute approximate surface area is 89.4 Å². The van der Waals surface area contributed by atoms with Crippen molar-refractivity contribution >= 4 is 11.6 Å². The minimum Gasteiger partial charge on any atom is -0.380 e. The lowest BCUT2D eigenvalue weighted by molar-refractivity contribution is 0.124. The zero-order valence-corrected chi connectivity index (χ0v) is 9.21. The van der Waals surface area contributed by atoms with Gasteiger partial charge in [0.15, 0.2) is 0 Å². The summed E-state index contributed by atoms with van der Waals surface area (Å²) in [5, 5.41) is 3.79. The number of pyridine rings is 1. The molecule has 1 aromatic rings. The first-order chi connectivity index (χ1) is 6.77. The Bertz CT molecular complexity index is 263. The first kappa shape index (κ1) is 11.4. The number of aromatic nitrogens is 1. The Balaban J connectivity index is 2.64. The molecule has 1 N–H and O–H groups in total. The molecule has 78 valence electrons. The Morgan fingerprint density at radius 2 is 2.36 bits per heavy atom. The minimum absolute atomic E-state index is 0.132. The molecule has 1 aromatic heterocycles. The van der Waals surface area contributed by atoms with Crippen LogP contribution in [0.4, 0.5) is 0 Å². The van der Waals surface area contributed by atoms with Gasteiger partial charge in [-0.2, -0.15) is 0 Å². The van der Waals surface area contributed by atoms with Crippen LogP contribution >= 0.6 is 11.6 Å². The molecule has 1 heterocycles. The van der Waals surface area contributed by atoms with Crippen molar-refractivity contribution in [2.24, 2.45) is 0 Å². The molecule has 0 bridgehead atoms. The third-order valence-electron chi connectivity index (χ3n) is 1.94. The van der Waals surface area contributed by atoms with E-state index in [9.17, 15) is 0 Å². The topological polar surface area (TPSA) is 34.1 Å². The summed E-state index contributed by atoms with van der Waals surface area (Å²) in [6.07, 6.45) is 1.65. The van der Waals surface area contributed by atoms with E-state index in [2.05, 4.69) is 10.3 Å². The van der Waals surface area contributed by atoms with Crippen LogP contribution in [0.25, 0.3) is 0 Å². The molecular formula is C10H15ClN2O. The molecule has 0 fully saturated rings. The van der Waals surface area contributed by atoms with Gasteiger partial charge >= 0.3 is 0 Å². The van der Waals surface area contributed by atoms with Crippen molar-refractivity contribution in [3.8, 4) is 0 Å². The SMILES string of the molecule is CCOCC(NC)c1ccc(Cl)cn1. The summed E-state index contributed by atoms with van der Waals surface area (Å²) in [5.74, 6) is 0. The van der Waals surface area contributed by atoms with E-state index < -0.39 is 0 Å². The third kappa shape index (κ3) is 3.25. The van der Waals surface area contributed by atoms with Gasteiger partial charge in [-0.05, 0) is 26.1 Å². The molecule has 0 aliphatic carbocycles. The molecule has 0 amide bonds. The van der Waals surface area contributed by atoms with E-state index in [1.807, 2.05) is 26.1 Å². The second kappa shape index (κ2) is 5.96. The summed E-state index contributed by atoms with van der Waals surface area (Å²) >= 11 is 5.75. The van der Waals surface area contributed by atoms with Crippen LogP contribution in [0.5, 0.6) is 0 Å². The number of halogens is 1. The molecule has 0 spiro atoms. The maximum atomic E-state index is 5.75. The molecule has 0 aliphatic heterocycles. The number of likely N-dealkylation sites (N-methyl/N-ethyl adjacent to an activating group) is 1. The van der Waals surface area contributed by atoms with Gasteiger partial charge in [-0.3, -0.25) is 4.98 Å². The van der Waals surface area contributed by atoms with Gasteiger partial charge in [-0.1, -0.05) is 11.6 Å². The second-order valence-corrected chi connectivity index (χ2v) is 3.34. The van der Waals surface area contributed by atoms with Crippen molar-refractivity contribution in [2.75, 3.05) is 20.3 Å². The molecule has 1 atom stereocenters. The normalized spacial score (nSPS) is 12.8. The van der Waals surface area contributed by atoms with Gasteiger partial charge in [-0.25, -0.2) is 0 Å². The maximum absolute atomic E-state index is 5.75. The van der Waals surface area contributed by atoms with Crippen LogP contribution in [-0.4, -0.2) is 25.2 Å². The molecule has 0 saturated carbocycles. The van der Waals surface area contributed by atoms with Gasteiger partial charge in [-0.15, -0.1) is 0 Å². The van der Waals surface area contributed by atoms with E-state index in [1.165, 1.54) is 0 Å². The first-order valence-electron chi connectivity index (χ1n) is 4.64. The van der Waals surface area contributed by atoms with Gasteiger partial charge < -0.3 is 10.1 Å². The highest BCUT2D eigenvalue weighted by atomic mass is 35.5. The molecule has 0 saturated heterocycles. The fourth-order valence-corrected chi connectivity index (χ4v) is 1.26. The van der Waals surface area contributed by atoms with E-state index in [0.29, 0.717) is 18.2 Å². The third-order valence-corrected chi connectivity index (χ3v) is 2.17. The molecule has 0 radical (unpaired) electrons. The fourth-order valence-electron chi connectivity index (χ4n) is 1.15. The van der Waals surface area contributed by atoms with E-state index in [1.54, 1.807) is 6.20 Å². The summed E-state index contributed by atoms with van der Waals surface area (Å²) in [4.78, 5) is 4.23. The summed E-state index contributed by atoms with van der Waals surface area (Å²) in [6, 6.07) is 3.87. The highest BCUT2D eigenvalue weighted by molar-refractivity contribution is 6.30. The molecule has 3 nitrogen and oxygen atoms in total. The lowest BCUT2D eigenvalue weighted by Gasteiger charge is -2.14. The van der Waals surface area contributed by atoms with Crippen molar-refractivity contribution in [3.63, 3.8) is 0 Å². The van der Waals surface area contributed by atoms with Gasteiger partial charge in [0.25, 0.3) is 0 Å². The summed E-state index contributed by atoms with van der Waals surface area (Å²) in [6.45, 7) is 3.31. The molecular weight excluding hydrogens is 200 g/mol. The van der Waals surface area contributed by atoms with E-state index in [-0.39, 0.29) is 6.04 Å². The standard InChI is InChI=1S/C10H15ClN2O/c1-3-14-7-10(12-2)9-5-4-8(11)6-13-9/h4-6,10,12H,3,7H2,1-2H3. The van der Waals surface area contributed by atoms with E-state index in [4.69, 9.17) is 16.3 Å². The fraction of sp³-hybridized carbons (Fsp3) is 0.500. The molecule has 4 heteroatoms. The highest BCUT2D eigenvalue weighted by Crippen LogP contribution is 2.13. The number of hydrogen-bond acceptors (Lipinski definition) is 3. The monoisotopic (exact) mass is 214 g/mol. The first-order valence-corrected chi connectivity index (χ1v) is 5.02. The molecule has 0 aromatic carbocycles. The van der Waals surface area contributed by atoms with Gasteiger partial charge in [0.1, 0.15) is 0 Å². The zero-order valence-electron chi connectivity index (χ0n) is 8.46. The van der Waals surface area contributed by atoms with Crippen LogP contribution in [0.3, 0.4) is 0 Å². The molecule has 14 heavy (non-hydrogen) atoms. The number of hydrogen-bond donors (Lipinski definition) is 1. The Hall–Kier alpha value is -0.640. The summed E-state index contributed by atoms with van der Waals surface area (Å²) < 4.78 is 5.34. The van der Waals surface area contributed by atoms with Crippen LogP contribution in [-0.2, 0) is 4.74 Å². The van der Waals surface area contributed by atoms with Crippen LogP contribution in [0, 0.1) is 0 Å². The van der Waals surface area contributed by atoms with Crippen molar-refractivity contribution < 1.29 is 4.74 Å². The van der Waals surface area contributed by atoms with Crippen LogP contribution in [0.2, 0.25) is 5.02 Å².